The van der Waals surface area contributed by atoms with Crippen LogP contribution in [0, 0.1) is 0 Å². The molecular weight excluding hydrogens is 190 g/mol. The maximum atomic E-state index is 10.6. The topological polar surface area (TPSA) is 63.3 Å². The Bertz CT molecular complexity index is 319. The van der Waals surface area contributed by atoms with Crippen LogP contribution in [0.15, 0.2) is 24.3 Å². The molecule has 0 saturated carbocycles. The van der Waals surface area contributed by atoms with Gasteiger partial charge in [0, 0.05) is 0 Å². The van der Waals surface area contributed by atoms with Gasteiger partial charge in [0.2, 0.25) is 0 Å². The van der Waals surface area contributed by atoms with Crippen LogP contribution in [0.1, 0.15) is 36.9 Å². The zero-order valence-electron chi connectivity index (χ0n) is 8.94. The fraction of sp³-hybridized carbons (Fsp3) is 0.417. The number of carboxylic acid groups (broad SMARTS) is 1. The number of hydrogen-bond donors (Lipinski definition) is 2. The summed E-state index contributed by atoms with van der Waals surface area (Å²) in [5.41, 5.74) is 7.38. The predicted octanol–water partition coefficient (Wildman–Crippen LogP) is 2.11. The monoisotopic (exact) mass is 207 g/mol. The van der Waals surface area contributed by atoms with E-state index >= 15 is 0 Å². The van der Waals surface area contributed by atoms with E-state index in [4.69, 9.17) is 10.8 Å². The Morgan fingerprint density at radius 1 is 1.40 bits per heavy atom. The third kappa shape index (κ3) is 3.36. The van der Waals surface area contributed by atoms with Gasteiger partial charge in [0.1, 0.15) is 6.04 Å². The van der Waals surface area contributed by atoms with Gasteiger partial charge < -0.3 is 10.8 Å². The SMILES string of the molecule is CCCCc1ccc(C(N)C(=O)O)cc1. The van der Waals surface area contributed by atoms with E-state index in [-0.39, 0.29) is 0 Å². The first kappa shape index (κ1) is 11.7. The number of hydrogen-bond acceptors (Lipinski definition) is 2. The number of carboxylic acids is 1. The minimum absolute atomic E-state index is 0.655. The molecule has 0 saturated heterocycles. The zero-order chi connectivity index (χ0) is 11.3. The third-order valence-corrected chi connectivity index (χ3v) is 2.42. The Morgan fingerprint density at radius 3 is 2.47 bits per heavy atom. The summed E-state index contributed by atoms with van der Waals surface area (Å²) < 4.78 is 0. The Labute approximate surface area is 89.9 Å². The van der Waals surface area contributed by atoms with Gasteiger partial charge in [-0.15, -0.1) is 0 Å². The van der Waals surface area contributed by atoms with Crippen LogP contribution in [0.5, 0.6) is 0 Å². The van der Waals surface area contributed by atoms with Crippen molar-refractivity contribution in [1.82, 2.24) is 0 Å². The first-order chi connectivity index (χ1) is 7.15. The second kappa shape index (κ2) is 5.51. The first-order valence-corrected chi connectivity index (χ1v) is 5.22. The normalized spacial score (nSPS) is 12.4. The van der Waals surface area contributed by atoms with Crippen LogP contribution in [0.2, 0.25) is 0 Å². The van der Waals surface area contributed by atoms with E-state index in [1.807, 2.05) is 12.1 Å². The number of aryl methyl sites for hydroxylation is 1. The van der Waals surface area contributed by atoms with Gasteiger partial charge in [0.15, 0.2) is 0 Å². The van der Waals surface area contributed by atoms with Crippen molar-refractivity contribution in [1.29, 1.82) is 0 Å². The lowest BCUT2D eigenvalue weighted by Crippen LogP contribution is -2.20. The van der Waals surface area contributed by atoms with Gasteiger partial charge in [0.25, 0.3) is 0 Å². The zero-order valence-corrected chi connectivity index (χ0v) is 8.94. The molecule has 1 aromatic carbocycles. The number of aliphatic carboxylic acids is 1. The number of nitrogens with two attached hydrogens (primary N) is 1. The van der Waals surface area contributed by atoms with Crippen molar-refractivity contribution in [2.24, 2.45) is 5.73 Å². The minimum Gasteiger partial charge on any atom is -0.480 e. The van der Waals surface area contributed by atoms with Crippen molar-refractivity contribution < 1.29 is 9.90 Å². The molecule has 1 aromatic rings. The molecule has 3 N–H and O–H groups in total. The van der Waals surface area contributed by atoms with Crippen molar-refractivity contribution in [3.05, 3.63) is 35.4 Å². The van der Waals surface area contributed by atoms with Crippen LogP contribution in [-0.2, 0) is 11.2 Å². The van der Waals surface area contributed by atoms with Crippen LogP contribution < -0.4 is 5.73 Å². The van der Waals surface area contributed by atoms with Crippen molar-refractivity contribution in [3.63, 3.8) is 0 Å². The van der Waals surface area contributed by atoms with E-state index in [2.05, 4.69) is 6.92 Å². The summed E-state index contributed by atoms with van der Waals surface area (Å²) in [6, 6.07) is 6.58. The van der Waals surface area contributed by atoms with Gasteiger partial charge >= 0.3 is 5.97 Å². The maximum absolute atomic E-state index is 10.6. The van der Waals surface area contributed by atoms with Gasteiger partial charge in [-0.1, -0.05) is 37.6 Å². The molecule has 1 unspecified atom stereocenters. The second-order valence-electron chi connectivity index (χ2n) is 3.66. The Morgan fingerprint density at radius 2 is 2.00 bits per heavy atom. The maximum Gasteiger partial charge on any atom is 0.325 e. The molecule has 0 aliphatic rings. The molecule has 0 aromatic heterocycles. The number of unbranched alkanes of at least 4 members (excludes halogenated alkanes) is 1. The molecule has 0 spiro atoms. The highest BCUT2D eigenvalue weighted by Crippen LogP contribution is 2.13. The summed E-state index contributed by atoms with van der Waals surface area (Å²) in [7, 11) is 0. The molecule has 0 bridgehead atoms. The van der Waals surface area contributed by atoms with Crippen LogP contribution in [0.4, 0.5) is 0 Å². The van der Waals surface area contributed by atoms with Crippen LogP contribution in [-0.4, -0.2) is 11.1 Å². The van der Waals surface area contributed by atoms with E-state index in [0.29, 0.717) is 5.56 Å². The summed E-state index contributed by atoms with van der Waals surface area (Å²) in [5, 5.41) is 8.72. The van der Waals surface area contributed by atoms with Crippen LogP contribution in [0.25, 0.3) is 0 Å². The molecule has 0 radical (unpaired) electrons. The fourth-order valence-corrected chi connectivity index (χ4v) is 1.42. The van der Waals surface area contributed by atoms with Gasteiger partial charge in [0.05, 0.1) is 0 Å². The smallest absolute Gasteiger partial charge is 0.325 e. The van der Waals surface area contributed by atoms with Crippen molar-refractivity contribution in [3.8, 4) is 0 Å². The molecule has 0 amide bonds. The average Bonchev–Trinajstić information content (AvgIpc) is 2.26. The van der Waals surface area contributed by atoms with Crippen LogP contribution in [0.3, 0.4) is 0 Å². The molecule has 3 nitrogen and oxygen atoms in total. The van der Waals surface area contributed by atoms with Crippen LogP contribution >= 0.6 is 0 Å². The summed E-state index contributed by atoms with van der Waals surface area (Å²) in [6.45, 7) is 2.15. The number of carbonyl (C=O) groups is 1. The first-order valence-electron chi connectivity index (χ1n) is 5.22. The second-order valence-corrected chi connectivity index (χ2v) is 3.66. The lowest BCUT2D eigenvalue weighted by molar-refractivity contribution is -0.138. The third-order valence-electron chi connectivity index (χ3n) is 2.42. The summed E-state index contributed by atoms with van der Waals surface area (Å²) >= 11 is 0. The van der Waals surface area contributed by atoms with Crippen molar-refractivity contribution in [2.45, 2.75) is 32.2 Å². The molecule has 0 aliphatic heterocycles. The standard InChI is InChI=1S/C12H17NO2/c1-2-3-4-9-5-7-10(8-6-9)11(13)12(14)15/h5-8,11H,2-4,13H2,1H3,(H,14,15). The lowest BCUT2D eigenvalue weighted by atomic mass is 10.0. The molecule has 0 aliphatic carbocycles. The fourth-order valence-electron chi connectivity index (χ4n) is 1.42. The van der Waals surface area contributed by atoms with E-state index in [9.17, 15) is 4.79 Å². The molecule has 3 heteroatoms. The minimum atomic E-state index is -0.990. The highest BCUT2D eigenvalue weighted by Gasteiger charge is 2.13. The summed E-state index contributed by atoms with van der Waals surface area (Å²) in [6.07, 6.45) is 3.36. The number of benzene rings is 1. The quantitative estimate of drug-likeness (QED) is 0.777. The summed E-state index contributed by atoms with van der Waals surface area (Å²) in [5.74, 6) is -0.990. The highest BCUT2D eigenvalue weighted by molar-refractivity contribution is 5.75. The van der Waals surface area contributed by atoms with Crippen molar-refractivity contribution in [2.75, 3.05) is 0 Å². The average molecular weight is 207 g/mol. The Balaban J connectivity index is 2.67. The molecule has 0 heterocycles. The predicted molar refractivity (Wildman–Crippen MR) is 59.6 cm³/mol. The molecule has 82 valence electrons. The van der Waals surface area contributed by atoms with Crippen molar-refractivity contribution >= 4 is 5.97 Å². The molecule has 0 fully saturated rings. The van der Waals surface area contributed by atoms with Gasteiger partial charge in [-0.25, -0.2) is 0 Å². The summed E-state index contributed by atoms with van der Waals surface area (Å²) in [4.78, 5) is 10.6. The Hall–Kier alpha value is -1.35. The highest BCUT2D eigenvalue weighted by atomic mass is 16.4. The lowest BCUT2D eigenvalue weighted by Gasteiger charge is -2.07. The molecule has 1 rings (SSSR count). The van der Waals surface area contributed by atoms with E-state index in [1.54, 1.807) is 12.1 Å². The molecule has 15 heavy (non-hydrogen) atoms. The van der Waals surface area contributed by atoms with E-state index in [0.717, 1.165) is 19.3 Å². The molecular formula is C12H17NO2. The van der Waals surface area contributed by atoms with E-state index in [1.165, 1.54) is 5.56 Å². The largest absolute Gasteiger partial charge is 0.480 e. The van der Waals surface area contributed by atoms with E-state index < -0.39 is 12.0 Å². The van der Waals surface area contributed by atoms with Gasteiger partial charge in [-0.05, 0) is 24.0 Å². The Kier molecular flexibility index (Phi) is 4.31. The van der Waals surface area contributed by atoms with Gasteiger partial charge in [-0.3, -0.25) is 4.79 Å². The molecule has 1 atom stereocenters. The van der Waals surface area contributed by atoms with Gasteiger partial charge in [-0.2, -0.15) is 0 Å². The number of rotatable bonds is 5.